The molecule has 4 nitrogen and oxygen atoms in total. The van der Waals surface area contributed by atoms with Crippen LogP contribution in [0.25, 0.3) is 10.9 Å². The zero-order valence-corrected chi connectivity index (χ0v) is 12.1. The Morgan fingerprint density at radius 1 is 1.29 bits per heavy atom. The Morgan fingerprint density at radius 3 is 2.86 bits per heavy atom. The second kappa shape index (κ2) is 6.06. The lowest BCUT2D eigenvalue weighted by Gasteiger charge is -2.21. The van der Waals surface area contributed by atoms with Gasteiger partial charge in [-0.25, -0.2) is 0 Å². The van der Waals surface area contributed by atoms with Gasteiger partial charge >= 0.3 is 0 Å². The van der Waals surface area contributed by atoms with Crippen molar-refractivity contribution in [1.82, 2.24) is 15.6 Å². The first-order valence-electron chi connectivity index (χ1n) is 7.26. The van der Waals surface area contributed by atoms with Gasteiger partial charge in [0.2, 0.25) is 5.91 Å². The van der Waals surface area contributed by atoms with Gasteiger partial charge in [-0.2, -0.15) is 0 Å². The van der Waals surface area contributed by atoms with Gasteiger partial charge in [-0.05, 0) is 30.5 Å². The van der Waals surface area contributed by atoms with Crippen LogP contribution < -0.4 is 10.6 Å². The van der Waals surface area contributed by atoms with Gasteiger partial charge in [0.05, 0.1) is 5.52 Å². The van der Waals surface area contributed by atoms with E-state index in [9.17, 15) is 4.79 Å². The number of carbonyl (C=O) groups is 1. The van der Waals surface area contributed by atoms with Crippen LogP contribution in [0.4, 0.5) is 0 Å². The maximum absolute atomic E-state index is 12.0. The number of para-hydroxylation sites is 1. The van der Waals surface area contributed by atoms with Gasteiger partial charge < -0.3 is 10.6 Å². The summed E-state index contributed by atoms with van der Waals surface area (Å²) in [5.74, 6) is 0.0414. The zero-order valence-electron chi connectivity index (χ0n) is 12.1. The third kappa shape index (κ3) is 2.95. The minimum atomic E-state index is 0.0414. The van der Waals surface area contributed by atoms with E-state index >= 15 is 0 Å². The molecule has 0 unspecified atom stereocenters. The predicted octanol–water partition coefficient (Wildman–Crippen LogP) is 1.81. The first-order valence-corrected chi connectivity index (χ1v) is 7.26. The molecule has 0 saturated carbocycles. The molecular formula is C17H19N3O. The molecule has 0 aliphatic carbocycles. The summed E-state index contributed by atoms with van der Waals surface area (Å²) in [5.41, 5.74) is 4.25. The first-order chi connectivity index (χ1) is 10.3. The minimum Gasteiger partial charge on any atom is -0.352 e. The van der Waals surface area contributed by atoms with Crippen molar-refractivity contribution in [2.75, 3.05) is 19.6 Å². The molecule has 0 spiro atoms. The highest BCUT2D eigenvalue weighted by Crippen LogP contribution is 2.16. The van der Waals surface area contributed by atoms with Crippen LogP contribution in [-0.4, -0.2) is 30.5 Å². The summed E-state index contributed by atoms with van der Waals surface area (Å²) >= 11 is 0. The molecule has 0 radical (unpaired) electrons. The quantitative estimate of drug-likeness (QED) is 0.840. The van der Waals surface area contributed by atoms with Crippen LogP contribution in [0.15, 0.2) is 47.7 Å². The zero-order chi connectivity index (χ0) is 14.7. The summed E-state index contributed by atoms with van der Waals surface area (Å²) in [6.45, 7) is 4.20. The maximum Gasteiger partial charge on any atom is 0.246 e. The lowest BCUT2D eigenvalue weighted by atomic mass is 10.0. The summed E-state index contributed by atoms with van der Waals surface area (Å²) in [4.78, 5) is 16.5. The Kier molecular flexibility index (Phi) is 3.97. The fraction of sp³-hybridized carbons (Fsp3) is 0.294. The van der Waals surface area contributed by atoms with Crippen molar-refractivity contribution < 1.29 is 4.79 Å². The van der Waals surface area contributed by atoms with Gasteiger partial charge in [0.15, 0.2) is 0 Å². The Balaban J connectivity index is 1.63. The summed E-state index contributed by atoms with van der Waals surface area (Å²) in [7, 11) is 0. The SMILES string of the molecule is CC(C(=O)NCCc1cccc2cccnc12)=C1CNC1. The maximum atomic E-state index is 12.0. The van der Waals surface area contributed by atoms with Crippen molar-refractivity contribution in [3.05, 3.63) is 53.2 Å². The Bertz CT molecular complexity index is 695. The molecule has 1 saturated heterocycles. The van der Waals surface area contributed by atoms with Crippen LogP contribution in [0.5, 0.6) is 0 Å². The largest absolute Gasteiger partial charge is 0.352 e. The number of nitrogens with zero attached hydrogens (tertiary/aromatic N) is 1. The topological polar surface area (TPSA) is 54.0 Å². The smallest absolute Gasteiger partial charge is 0.246 e. The van der Waals surface area contributed by atoms with Crippen molar-refractivity contribution in [3.8, 4) is 0 Å². The van der Waals surface area contributed by atoms with Gasteiger partial charge in [-0.1, -0.05) is 24.3 Å². The third-order valence-electron chi connectivity index (χ3n) is 3.94. The number of aromatic nitrogens is 1. The molecule has 1 amide bonds. The predicted molar refractivity (Wildman–Crippen MR) is 84.0 cm³/mol. The van der Waals surface area contributed by atoms with Crippen LogP contribution in [0.1, 0.15) is 12.5 Å². The van der Waals surface area contributed by atoms with Gasteiger partial charge in [-0.15, -0.1) is 0 Å². The molecular weight excluding hydrogens is 262 g/mol. The molecule has 2 N–H and O–H groups in total. The van der Waals surface area contributed by atoms with Crippen LogP contribution in [0, 0.1) is 0 Å². The molecule has 4 heteroatoms. The second-order valence-corrected chi connectivity index (χ2v) is 5.33. The lowest BCUT2D eigenvalue weighted by molar-refractivity contribution is -0.117. The molecule has 1 aromatic carbocycles. The normalized spacial score (nSPS) is 13.9. The van der Waals surface area contributed by atoms with Crippen molar-refractivity contribution in [2.45, 2.75) is 13.3 Å². The third-order valence-corrected chi connectivity index (χ3v) is 3.94. The number of benzene rings is 1. The number of nitrogens with one attached hydrogen (secondary N) is 2. The fourth-order valence-corrected chi connectivity index (χ4v) is 2.49. The number of rotatable bonds is 4. The van der Waals surface area contributed by atoms with Crippen molar-refractivity contribution in [2.24, 2.45) is 0 Å². The Labute approximate surface area is 124 Å². The van der Waals surface area contributed by atoms with Crippen LogP contribution in [0.3, 0.4) is 0 Å². The molecule has 0 bridgehead atoms. The Hall–Kier alpha value is -2.20. The van der Waals surface area contributed by atoms with E-state index in [2.05, 4.69) is 33.8 Å². The monoisotopic (exact) mass is 281 g/mol. The van der Waals surface area contributed by atoms with E-state index in [1.807, 2.05) is 25.3 Å². The number of pyridine rings is 1. The van der Waals surface area contributed by atoms with Gasteiger partial charge in [0, 0.05) is 36.8 Å². The summed E-state index contributed by atoms with van der Waals surface area (Å²) in [6, 6.07) is 10.2. The highest BCUT2D eigenvalue weighted by atomic mass is 16.1. The van der Waals surface area contributed by atoms with E-state index in [0.717, 1.165) is 36.0 Å². The summed E-state index contributed by atoms with van der Waals surface area (Å²) in [6.07, 6.45) is 2.60. The highest BCUT2D eigenvalue weighted by Gasteiger charge is 2.15. The van der Waals surface area contributed by atoms with Crippen molar-refractivity contribution in [1.29, 1.82) is 0 Å². The number of fused-ring (bicyclic) bond motifs is 1. The van der Waals surface area contributed by atoms with Gasteiger partial charge in [0.1, 0.15) is 0 Å². The second-order valence-electron chi connectivity index (χ2n) is 5.33. The minimum absolute atomic E-state index is 0.0414. The average molecular weight is 281 g/mol. The molecule has 1 aromatic heterocycles. The molecule has 21 heavy (non-hydrogen) atoms. The van der Waals surface area contributed by atoms with Crippen molar-refractivity contribution >= 4 is 16.8 Å². The average Bonchev–Trinajstić information content (AvgIpc) is 2.45. The van der Waals surface area contributed by atoms with E-state index < -0.39 is 0 Å². The van der Waals surface area contributed by atoms with Gasteiger partial charge in [0.25, 0.3) is 0 Å². The van der Waals surface area contributed by atoms with E-state index in [1.165, 1.54) is 11.1 Å². The molecule has 0 atom stereocenters. The molecule has 2 heterocycles. The molecule has 1 aliphatic heterocycles. The summed E-state index contributed by atoms with van der Waals surface area (Å²) in [5, 5.41) is 7.28. The number of carbonyl (C=O) groups excluding carboxylic acids is 1. The van der Waals surface area contributed by atoms with Crippen LogP contribution >= 0.6 is 0 Å². The molecule has 2 aromatic rings. The molecule has 1 fully saturated rings. The van der Waals surface area contributed by atoms with E-state index in [4.69, 9.17) is 0 Å². The van der Waals surface area contributed by atoms with Crippen LogP contribution in [-0.2, 0) is 11.2 Å². The molecule has 1 aliphatic rings. The standard InChI is InChI=1S/C17H19N3O/c1-12(15-10-18-11-15)17(21)20-9-7-14-5-2-4-13-6-3-8-19-16(13)14/h2-6,8,18H,7,9-11H2,1H3,(H,20,21). The van der Waals surface area contributed by atoms with Crippen molar-refractivity contribution in [3.63, 3.8) is 0 Å². The van der Waals surface area contributed by atoms with E-state index in [-0.39, 0.29) is 5.91 Å². The van der Waals surface area contributed by atoms with E-state index in [1.54, 1.807) is 0 Å². The van der Waals surface area contributed by atoms with Gasteiger partial charge in [-0.3, -0.25) is 9.78 Å². The fourth-order valence-electron chi connectivity index (χ4n) is 2.49. The summed E-state index contributed by atoms with van der Waals surface area (Å²) < 4.78 is 0. The first kappa shape index (κ1) is 13.8. The molecule has 108 valence electrons. The molecule has 3 rings (SSSR count). The van der Waals surface area contributed by atoms with E-state index in [0.29, 0.717) is 6.54 Å². The highest BCUT2D eigenvalue weighted by molar-refractivity contribution is 5.94. The number of hydrogen-bond acceptors (Lipinski definition) is 3. The van der Waals surface area contributed by atoms with Crippen LogP contribution in [0.2, 0.25) is 0 Å². The number of hydrogen-bond donors (Lipinski definition) is 2. The number of amides is 1. The Morgan fingerprint density at radius 2 is 2.10 bits per heavy atom. The lowest BCUT2D eigenvalue weighted by Crippen LogP contribution is -2.38.